The van der Waals surface area contributed by atoms with Crippen molar-refractivity contribution in [3.63, 3.8) is 0 Å². The van der Waals surface area contributed by atoms with Crippen LogP contribution in [0.1, 0.15) is 73.6 Å². The molecule has 0 aromatic heterocycles. The first kappa shape index (κ1) is 14.5. The Morgan fingerprint density at radius 2 is 1.25 bits per heavy atom. The zero-order chi connectivity index (χ0) is 10.0. The molecule has 0 N–H and O–H groups in total. The van der Waals surface area contributed by atoms with Crippen molar-refractivity contribution in [2.75, 3.05) is 0 Å². The van der Waals surface area contributed by atoms with E-state index in [1.807, 2.05) is 0 Å². The Labute approximate surface area is 79.8 Å². The topological polar surface area (TPSA) is 0 Å². The molecule has 0 bridgehead atoms. The molecule has 0 unspecified atom stereocenters. The van der Waals surface area contributed by atoms with Crippen molar-refractivity contribution in [3.05, 3.63) is 0 Å². The van der Waals surface area contributed by atoms with E-state index in [0.29, 0.717) is 5.41 Å². The Kier molecular flexibility index (Phi) is 11.0. The maximum absolute atomic E-state index is 2.31. The van der Waals surface area contributed by atoms with Gasteiger partial charge < -0.3 is 0 Å². The largest absolute Gasteiger partial charge is 0.0656 e. The lowest BCUT2D eigenvalue weighted by molar-refractivity contribution is 0.359. The van der Waals surface area contributed by atoms with Gasteiger partial charge in [0.05, 0.1) is 0 Å². The van der Waals surface area contributed by atoms with Gasteiger partial charge in [0, 0.05) is 0 Å². The minimum Gasteiger partial charge on any atom is -0.0656 e. The maximum atomic E-state index is 2.31. The highest BCUT2D eigenvalue weighted by molar-refractivity contribution is 4.60. The van der Waals surface area contributed by atoms with E-state index < -0.39 is 0 Å². The van der Waals surface area contributed by atoms with E-state index >= 15 is 0 Å². The molecule has 0 aromatic carbocycles. The van der Waals surface area contributed by atoms with E-state index in [-0.39, 0.29) is 0 Å². The summed E-state index contributed by atoms with van der Waals surface area (Å²) in [6.07, 6.45) is 6.77. The highest BCUT2D eigenvalue weighted by Crippen LogP contribution is 2.21. The summed E-state index contributed by atoms with van der Waals surface area (Å²) >= 11 is 0. The van der Waals surface area contributed by atoms with E-state index in [1.165, 1.54) is 32.1 Å². The molecule has 0 fully saturated rings. The minimum absolute atomic E-state index is 0.551. The summed E-state index contributed by atoms with van der Waals surface area (Å²) in [5, 5.41) is 0. The third kappa shape index (κ3) is 22.5. The summed E-state index contributed by atoms with van der Waals surface area (Å²) in [6, 6.07) is 0. The molecular weight excluding hydrogens is 144 g/mol. The molecule has 0 aliphatic rings. The first-order valence-corrected chi connectivity index (χ1v) is 5.47. The van der Waals surface area contributed by atoms with E-state index in [4.69, 9.17) is 0 Å². The summed E-state index contributed by atoms with van der Waals surface area (Å²) in [6.45, 7) is 13.4. The predicted molar refractivity (Wildman–Crippen MR) is 59.6 cm³/mol. The molecular formula is C12H28. The van der Waals surface area contributed by atoms with E-state index in [9.17, 15) is 0 Å². The molecule has 0 amide bonds. The first-order chi connectivity index (χ1) is 5.47. The fourth-order valence-corrected chi connectivity index (χ4v) is 0.905. The maximum Gasteiger partial charge on any atom is -0.0383 e. The highest BCUT2D eigenvalue weighted by Gasteiger charge is 2.07. The van der Waals surface area contributed by atoms with Crippen LogP contribution in [0.4, 0.5) is 0 Å². The Balaban J connectivity index is 0. The Morgan fingerprint density at radius 3 is 1.50 bits per heavy atom. The molecule has 0 heterocycles. The van der Waals surface area contributed by atoms with Crippen LogP contribution in [0.2, 0.25) is 0 Å². The standard InChI is InChI=1S/C9H20.C3H8/c1-5-6-7-8-9(2,3)4;1-3-2/h5-8H2,1-4H3;3H2,1-2H3. The summed E-state index contributed by atoms with van der Waals surface area (Å²) in [7, 11) is 0. The molecule has 0 atom stereocenters. The Bertz CT molecular complexity index is 66.6. The molecule has 76 valence electrons. The molecule has 0 radical (unpaired) electrons. The molecule has 0 nitrogen and oxygen atoms in total. The van der Waals surface area contributed by atoms with Gasteiger partial charge in [-0.3, -0.25) is 0 Å². The van der Waals surface area contributed by atoms with Crippen LogP contribution >= 0.6 is 0 Å². The second kappa shape index (κ2) is 9.09. The van der Waals surface area contributed by atoms with Gasteiger partial charge in [0.2, 0.25) is 0 Å². The average Bonchev–Trinajstić information content (AvgIpc) is 1.87. The molecule has 0 aliphatic carbocycles. The van der Waals surface area contributed by atoms with Crippen LogP contribution in [0.3, 0.4) is 0 Å². The van der Waals surface area contributed by atoms with Gasteiger partial charge >= 0.3 is 0 Å². The third-order valence-corrected chi connectivity index (χ3v) is 1.53. The van der Waals surface area contributed by atoms with Crippen molar-refractivity contribution in [1.29, 1.82) is 0 Å². The zero-order valence-corrected chi connectivity index (χ0v) is 10.0. The van der Waals surface area contributed by atoms with E-state index in [2.05, 4.69) is 41.5 Å². The van der Waals surface area contributed by atoms with Gasteiger partial charge in [-0.05, 0) is 11.8 Å². The normalized spacial score (nSPS) is 10.5. The number of hydrogen-bond donors (Lipinski definition) is 0. The van der Waals surface area contributed by atoms with Crippen molar-refractivity contribution in [3.8, 4) is 0 Å². The van der Waals surface area contributed by atoms with Crippen LogP contribution < -0.4 is 0 Å². The van der Waals surface area contributed by atoms with Crippen molar-refractivity contribution >= 4 is 0 Å². The van der Waals surface area contributed by atoms with Crippen molar-refractivity contribution in [2.24, 2.45) is 5.41 Å². The van der Waals surface area contributed by atoms with Gasteiger partial charge in [-0.1, -0.05) is 67.2 Å². The summed E-state index contributed by atoms with van der Waals surface area (Å²) in [5.41, 5.74) is 0.551. The van der Waals surface area contributed by atoms with Crippen LogP contribution in [-0.2, 0) is 0 Å². The highest BCUT2D eigenvalue weighted by atomic mass is 14.1. The zero-order valence-electron chi connectivity index (χ0n) is 10.0. The number of hydrogen-bond acceptors (Lipinski definition) is 0. The molecule has 0 rings (SSSR count). The SMILES string of the molecule is CCC.CCCCCC(C)(C)C. The molecule has 0 spiro atoms. The van der Waals surface area contributed by atoms with Crippen molar-refractivity contribution in [1.82, 2.24) is 0 Å². The molecule has 0 saturated heterocycles. The fourth-order valence-electron chi connectivity index (χ4n) is 0.905. The fraction of sp³-hybridized carbons (Fsp3) is 1.00. The van der Waals surface area contributed by atoms with Gasteiger partial charge in [-0.2, -0.15) is 0 Å². The summed E-state index contributed by atoms with van der Waals surface area (Å²) < 4.78 is 0. The van der Waals surface area contributed by atoms with Crippen LogP contribution in [0, 0.1) is 5.41 Å². The van der Waals surface area contributed by atoms with Gasteiger partial charge in [0.25, 0.3) is 0 Å². The van der Waals surface area contributed by atoms with Crippen molar-refractivity contribution < 1.29 is 0 Å². The van der Waals surface area contributed by atoms with Crippen LogP contribution in [0.5, 0.6) is 0 Å². The van der Waals surface area contributed by atoms with E-state index in [1.54, 1.807) is 0 Å². The quantitative estimate of drug-likeness (QED) is 0.524. The summed E-state index contributed by atoms with van der Waals surface area (Å²) in [4.78, 5) is 0. The average molecular weight is 172 g/mol. The van der Waals surface area contributed by atoms with Crippen LogP contribution in [0.25, 0.3) is 0 Å². The van der Waals surface area contributed by atoms with Crippen LogP contribution in [0.15, 0.2) is 0 Å². The monoisotopic (exact) mass is 172 g/mol. The lowest BCUT2D eigenvalue weighted by Crippen LogP contribution is -2.03. The number of rotatable bonds is 3. The Hall–Kier alpha value is 0. The predicted octanol–water partition coefficient (Wildman–Crippen LogP) is 5.03. The van der Waals surface area contributed by atoms with E-state index in [0.717, 1.165) is 0 Å². The third-order valence-electron chi connectivity index (χ3n) is 1.53. The van der Waals surface area contributed by atoms with Gasteiger partial charge in [0.1, 0.15) is 0 Å². The molecule has 0 heteroatoms. The molecule has 0 aliphatic heterocycles. The lowest BCUT2D eigenvalue weighted by atomic mass is 9.90. The van der Waals surface area contributed by atoms with Crippen LogP contribution in [-0.4, -0.2) is 0 Å². The summed E-state index contributed by atoms with van der Waals surface area (Å²) in [5.74, 6) is 0. The second-order valence-corrected chi connectivity index (χ2v) is 4.72. The molecule has 0 saturated carbocycles. The van der Waals surface area contributed by atoms with Gasteiger partial charge in [-0.25, -0.2) is 0 Å². The number of unbranched alkanes of at least 4 members (excludes halogenated alkanes) is 2. The van der Waals surface area contributed by atoms with Gasteiger partial charge in [0.15, 0.2) is 0 Å². The lowest BCUT2D eigenvalue weighted by Gasteiger charge is -2.16. The second-order valence-electron chi connectivity index (χ2n) is 4.72. The molecule has 12 heavy (non-hydrogen) atoms. The molecule has 0 aromatic rings. The van der Waals surface area contributed by atoms with Crippen molar-refractivity contribution in [2.45, 2.75) is 73.6 Å². The minimum atomic E-state index is 0.551. The smallest absolute Gasteiger partial charge is 0.0383 e. The first-order valence-electron chi connectivity index (χ1n) is 5.47. The Morgan fingerprint density at radius 1 is 0.833 bits per heavy atom. The van der Waals surface area contributed by atoms with Gasteiger partial charge in [-0.15, -0.1) is 0 Å².